The quantitative estimate of drug-likeness (QED) is 0.906. The van der Waals surface area contributed by atoms with Gasteiger partial charge in [0.1, 0.15) is 11.7 Å². The minimum atomic E-state index is -0.349. The van der Waals surface area contributed by atoms with Crippen LogP contribution in [-0.4, -0.2) is 25.8 Å². The molecule has 1 N–H and O–H groups in total. The first-order chi connectivity index (χ1) is 8.97. The second-order valence-corrected chi connectivity index (χ2v) is 4.65. The Morgan fingerprint density at radius 1 is 1.42 bits per heavy atom. The number of aryl methyl sites for hydroxylation is 1. The Balaban J connectivity index is 2.04. The van der Waals surface area contributed by atoms with E-state index in [4.69, 9.17) is 4.52 Å². The topological polar surface area (TPSA) is 85.8 Å². The molecule has 0 aliphatic heterocycles. The van der Waals surface area contributed by atoms with Gasteiger partial charge >= 0.3 is 0 Å². The van der Waals surface area contributed by atoms with Crippen LogP contribution in [0.4, 0.5) is 0 Å². The van der Waals surface area contributed by atoms with Crippen molar-refractivity contribution in [2.24, 2.45) is 0 Å². The van der Waals surface area contributed by atoms with Gasteiger partial charge in [-0.2, -0.15) is 10.1 Å². The molecule has 0 fully saturated rings. The number of hydrogen-bond donors (Lipinski definition) is 1. The Morgan fingerprint density at radius 2 is 2.16 bits per heavy atom. The summed E-state index contributed by atoms with van der Waals surface area (Å²) in [7, 11) is 0. The van der Waals surface area contributed by atoms with E-state index in [-0.39, 0.29) is 18.0 Å². The van der Waals surface area contributed by atoms with Crippen LogP contribution in [0.3, 0.4) is 0 Å². The van der Waals surface area contributed by atoms with Gasteiger partial charge in [-0.05, 0) is 33.8 Å². The van der Waals surface area contributed by atoms with Crippen molar-refractivity contribution in [1.82, 2.24) is 25.2 Å². The molecular weight excluding hydrogens is 246 g/mol. The molecule has 2 aromatic heterocycles. The largest absolute Gasteiger partial charge is 0.339 e. The summed E-state index contributed by atoms with van der Waals surface area (Å²) in [4.78, 5) is 16.1. The number of rotatable bonds is 4. The molecule has 7 nitrogen and oxygen atoms in total. The molecular formula is C12H17N5O2. The van der Waals surface area contributed by atoms with Crippen molar-refractivity contribution >= 4 is 5.91 Å². The fourth-order valence-corrected chi connectivity index (χ4v) is 1.57. The van der Waals surface area contributed by atoms with Crippen LogP contribution >= 0.6 is 0 Å². The molecule has 1 atom stereocenters. The van der Waals surface area contributed by atoms with Crippen LogP contribution in [0.15, 0.2) is 16.8 Å². The van der Waals surface area contributed by atoms with E-state index in [0.29, 0.717) is 17.4 Å². The summed E-state index contributed by atoms with van der Waals surface area (Å²) in [6, 6.07) is 1.55. The molecule has 0 radical (unpaired) electrons. The van der Waals surface area contributed by atoms with Crippen molar-refractivity contribution in [3.63, 3.8) is 0 Å². The molecule has 0 saturated carbocycles. The third-order valence-corrected chi connectivity index (χ3v) is 2.63. The van der Waals surface area contributed by atoms with Crippen molar-refractivity contribution in [3.8, 4) is 0 Å². The molecule has 0 aliphatic carbocycles. The molecule has 19 heavy (non-hydrogen) atoms. The highest BCUT2D eigenvalue weighted by atomic mass is 16.5. The predicted molar refractivity (Wildman–Crippen MR) is 67.5 cm³/mol. The molecule has 1 amide bonds. The monoisotopic (exact) mass is 263 g/mol. The number of amides is 1. The van der Waals surface area contributed by atoms with E-state index in [0.717, 1.165) is 0 Å². The molecule has 0 bridgehead atoms. The van der Waals surface area contributed by atoms with Crippen molar-refractivity contribution in [1.29, 1.82) is 0 Å². The van der Waals surface area contributed by atoms with E-state index in [1.807, 2.05) is 13.8 Å². The smallest absolute Gasteiger partial charge is 0.272 e. The molecule has 0 saturated heterocycles. The number of carbonyl (C=O) groups is 1. The van der Waals surface area contributed by atoms with Crippen molar-refractivity contribution in [2.45, 2.75) is 39.8 Å². The lowest BCUT2D eigenvalue weighted by molar-refractivity contribution is 0.0926. The van der Waals surface area contributed by atoms with E-state index in [2.05, 4.69) is 20.6 Å². The van der Waals surface area contributed by atoms with Crippen molar-refractivity contribution in [3.05, 3.63) is 29.7 Å². The third kappa shape index (κ3) is 2.98. The number of carbonyl (C=O) groups excluding carboxylic acids is 1. The third-order valence-electron chi connectivity index (χ3n) is 2.63. The SMILES string of the molecule is Cc1noc([C@@H](C)NC(=O)c2ccn(C(C)C)n2)n1. The standard InChI is InChI=1S/C12H17N5O2/c1-7(2)17-6-5-10(15-17)11(18)13-8(3)12-14-9(4)16-19-12/h5-8H,1-4H3,(H,13,18)/t8-/m1/s1. The van der Waals surface area contributed by atoms with Crippen LogP contribution in [0.2, 0.25) is 0 Å². The van der Waals surface area contributed by atoms with Gasteiger partial charge in [-0.1, -0.05) is 5.16 Å². The second kappa shape index (κ2) is 5.21. The fraction of sp³-hybridized carbons (Fsp3) is 0.500. The maximum Gasteiger partial charge on any atom is 0.272 e. The summed E-state index contributed by atoms with van der Waals surface area (Å²) >= 11 is 0. The van der Waals surface area contributed by atoms with Crippen LogP contribution in [0, 0.1) is 6.92 Å². The summed E-state index contributed by atoms with van der Waals surface area (Å²) in [5.41, 5.74) is 0.372. The first-order valence-corrected chi connectivity index (χ1v) is 6.13. The van der Waals surface area contributed by atoms with E-state index < -0.39 is 0 Å². The summed E-state index contributed by atoms with van der Waals surface area (Å²) in [5, 5.41) is 10.7. The summed E-state index contributed by atoms with van der Waals surface area (Å²) in [6.45, 7) is 7.51. The zero-order valence-corrected chi connectivity index (χ0v) is 11.4. The van der Waals surface area contributed by atoms with Crippen molar-refractivity contribution in [2.75, 3.05) is 0 Å². The molecule has 2 heterocycles. The average Bonchev–Trinajstić information content (AvgIpc) is 2.96. The summed E-state index contributed by atoms with van der Waals surface area (Å²) in [5.74, 6) is 0.664. The number of aromatic nitrogens is 4. The Kier molecular flexibility index (Phi) is 3.64. The minimum Gasteiger partial charge on any atom is -0.339 e. The molecule has 0 aliphatic rings. The molecule has 2 aromatic rings. The molecule has 0 unspecified atom stereocenters. The van der Waals surface area contributed by atoms with Gasteiger partial charge < -0.3 is 9.84 Å². The lowest BCUT2D eigenvalue weighted by Crippen LogP contribution is -2.27. The van der Waals surface area contributed by atoms with Gasteiger partial charge in [-0.3, -0.25) is 9.48 Å². The highest BCUT2D eigenvalue weighted by Crippen LogP contribution is 2.10. The van der Waals surface area contributed by atoms with Crippen molar-refractivity contribution < 1.29 is 9.32 Å². The number of nitrogens with one attached hydrogen (secondary N) is 1. The van der Waals surface area contributed by atoms with E-state index >= 15 is 0 Å². The lowest BCUT2D eigenvalue weighted by Gasteiger charge is -2.08. The maximum absolute atomic E-state index is 12.0. The van der Waals surface area contributed by atoms with E-state index in [1.54, 1.807) is 30.8 Å². The van der Waals surface area contributed by atoms with Gasteiger partial charge in [0, 0.05) is 12.2 Å². The van der Waals surface area contributed by atoms with E-state index in [9.17, 15) is 4.79 Å². The number of hydrogen-bond acceptors (Lipinski definition) is 5. The van der Waals surface area contributed by atoms with Gasteiger partial charge in [0.05, 0.1) is 0 Å². The van der Waals surface area contributed by atoms with Gasteiger partial charge in [-0.15, -0.1) is 0 Å². The van der Waals surface area contributed by atoms with Crippen LogP contribution in [0.5, 0.6) is 0 Å². The molecule has 7 heteroatoms. The van der Waals surface area contributed by atoms with Gasteiger partial charge in [0.15, 0.2) is 5.82 Å². The highest BCUT2D eigenvalue weighted by molar-refractivity contribution is 5.92. The normalized spacial score (nSPS) is 12.7. The first kappa shape index (κ1) is 13.3. The van der Waals surface area contributed by atoms with Crippen LogP contribution in [0.1, 0.15) is 55.1 Å². The molecule has 102 valence electrons. The van der Waals surface area contributed by atoms with Gasteiger partial charge in [-0.25, -0.2) is 0 Å². The van der Waals surface area contributed by atoms with Crippen LogP contribution in [0.25, 0.3) is 0 Å². The molecule has 0 spiro atoms. The Morgan fingerprint density at radius 3 is 2.68 bits per heavy atom. The summed E-state index contributed by atoms with van der Waals surface area (Å²) < 4.78 is 6.74. The zero-order valence-electron chi connectivity index (χ0n) is 11.4. The second-order valence-electron chi connectivity index (χ2n) is 4.65. The summed E-state index contributed by atoms with van der Waals surface area (Å²) in [6.07, 6.45) is 1.78. The Labute approximate surface area is 111 Å². The minimum absolute atomic E-state index is 0.220. The first-order valence-electron chi connectivity index (χ1n) is 6.13. The Hall–Kier alpha value is -2.18. The molecule has 0 aromatic carbocycles. The van der Waals surface area contributed by atoms with Gasteiger partial charge in [0.25, 0.3) is 5.91 Å². The molecule has 2 rings (SSSR count). The van der Waals surface area contributed by atoms with Gasteiger partial charge in [0.2, 0.25) is 5.89 Å². The Bertz CT molecular complexity index is 572. The fourth-order valence-electron chi connectivity index (χ4n) is 1.57. The van der Waals surface area contributed by atoms with Crippen LogP contribution < -0.4 is 5.32 Å². The number of nitrogens with zero attached hydrogens (tertiary/aromatic N) is 4. The van der Waals surface area contributed by atoms with E-state index in [1.165, 1.54) is 0 Å². The maximum atomic E-state index is 12.0. The zero-order chi connectivity index (χ0) is 14.0. The van der Waals surface area contributed by atoms with Crippen LogP contribution in [-0.2, 0) is 0 Å². The highest BCUT2D eigenvalue weighted by Gasteiger charge is 2.18. The average molecular weight is 263 g/mol. The predicted octanol–water partition coefficient (Wildman–Crippen LogP) is 1.65. The lowest BCUT2D eigenvalue weighted by atomic mass is 10.3.